The maximum absolute atomic E-state index is 13.4. The number of aromatic nitrogens is 1. The van der Waals surface area contributed by atoms with E-state index in [1.165, 1.54) is 0 Å². The molecule has 8 heteroatoms. The fraction of sp³-hybridized carbons (Fsp3) is 0.318. The number of nitrogens with one attached hydrogen (secondary N) is 1. The van der Waals surface area contributed by atoms with Gasteiger partial charge in [0.05, 0.1) is 16.6 Å². The molecule has 1 aliphatic carbocycles. The Bertz CT molecular complexity index is 1160. The number of carbonyl (C=O) groups excluding carboxylic acids is 1. The van der Waals surface area contributed by atoms with Gasteiger partial charge in [-0.1, -0.05) is 36.3 Å². The lowest BCUT2D eigenvalue weighted by Gasteiger charge is -2.36. The van der Waals surface area contributed by atoms with E-state index < -0.39 is 5.97 Å². The number of carbonyl (C=O) groups is 2. The highest BCUT2D eigenvalue weighted by molar-refractivity contribution is 6.28. The van der Waals surface area contributed by atoms with Crippen LogP contribution in [0.25, 0.3) is 22.2 Å². The third-order valence-electron chi connectivity index (χ3n) is 5.97. The van der Waals surface area contributed by atoms with Crippen LogP contribution in [-0.2, 0) is 4.79 Å². The lowest BCUT2D eigenvalue weighted by molar-refractivity contribution is -0.134. The van der Waals surface area contributed by atoms with Crippen molar-refractivity contribution in [2.24, 2.45) is 0 Å². The van der Waals surface area contributed by atoms with Crippen LogP contribution in [0.15, 0.2) is 34.9 Å². The molecular weight excluding hydrogens is 384 g/mol. The highest BCUT2D eigenvalue weighted by atomic mass is 16.5. The first-order valence-electron chi connectivity index (χ1n) is 10.1. The summed E-state index contributed by atoms with van der Waals surface area (Å²) >= 11 is 0. The second-order valence-corrected chi connectivity index (χ2v) is 7.60. The summed E-state index contributed by atoms with van der Waals surface area (Å²) in [6.45, 7) is 6.40. The number of hydrogen-bond donors (Lipinski definition) is 2. The predicted molar refractivity (Wildman–Crippen MR) is 113 cm³/mol. The van der Waals surface area contributed by atoms with Crippen molar-refractivity contribution in [3.8, 4) is 11.3 Å². The highest BCUT2D eigenvalue weighted by Gasteiger charge is 2.34. The van der Waals surface area contributed by atoms with Gasteiger partial charge in [0.2, 0.25) is 0 Å². The first-order valence-corrected chi connectivity index (χ1v) is 10.1. The van der Waals surface area contributed by atoms with Crippen molar-refractivity contribution in [2.75, 3.05) is 49.5 Å². The third-order valence-corrected chi connectivity index (χ3v) is 5.97. The minimum absolute atomic E-state index is 0.151. The first-order chi connectivity index (χ1) is 14.6. The van der Waals surface area contributed by atoms with Crippen LogP contribution in [-0.4, -0.2) is 66.2 Å². The molecule has 2 N–H and O–H groups in total. The molecule has 0 saturated carbocycles. The van der Waals surface area contributed by atoms with Gasteiger partial charge < -0.3 is 24.7 Å². The average molecular weight is 406 g/mol. The summed E-state index contributed by atoms with van der Waals surface area (Å²) in [7, 11) is 0. The molecule has 1 fully saturated rings. The van der Waals surface area contributed by atoms with Crippen LogP contribution in [0, 0.1) is 0 Å². The largest absolute Gasteiger partial charge is 0.480 e. The molecule has 2 aromatic carbocycles. The van der Waals surface area contributed by atoms with E-state index in [-0.39, 0.29) is 12.3 Å². The molecule has 0 radical (unpaired) electrons. The van der Waals surface area contributed by atoms with E-state index in [1.54, 1.807) is 12.1 Å². The van der Waals surface area contributed by atoms with Crippen molar-refractivity contribution in [1.82, 2.24) is 10.1 Å². The van der Waals surface area contributed by atoms with Crippen LogP contribution in [0.1, 0.15) is 22.8 Å². The molecule has 154 valence electrons. The lowest BCUT2D eigenvalue weighted by atomic mass is 9.86. The standard InChI is InChI=1S/C22H22N4O4/c1-2-25-7-9-26(10-8-25)16-11-15(23-12-17(27)28)18-19-20(16)24-30-22(19)14-6-4-3-5-13(14)21(18)29/h3-6,11,23H,2,7-10,12H2,1H3,(H,27,28). The Morgan fingerprint density at radius 3 is 2.63 bits per heavy atom. The van der Waals surface area contributed by atoms with Crippen molar-refractivity contribution in [3.05, 3.63) is 41.5 Å². The minimum atomic E-state index is -0.991. The molecule has 30 heavy (non-hydrogen) atoms. The maximum atomic E-state index is 13.4. The smallest absolute Gasteiger partial charge is 0.322 e. The van der Waals surface area contributed by atoms with Gasteiger partial charge in [-0.25, -0.2) is 0 Å². The fourth-order valence-corrected chi connectivity index (χ4v) is 4.40. The minimum Gasteiger partial charge on any atom is -0.480 e. The van der Waals surface area contributed by atoms with Crippen molar-refractivity contribution in [3.63, 3.8) is 0 Å². The average Bonchev–Trinajstić information content (AvgIpc) is 3.21. The van der Waals surface area contributed by atoms with Gasteiger partial charge in [-0.15, -0.1) is 0 Å². The van der Waals surface area contributed by atoms with Gasteiger partial charge in [0.25, 0.3) is 0 Å². The third kappa shape index (κ3) is 2.83. The number of hydrogen-bond acceptors (Lipinski definition) is 7. The number of benzene rings is 2. The van der Waals surface area contributed by atoms with Gasteiger partial charge in [0.1, 0.15) is 12.1 Å². The van der Waals surface area contributed by atoms with Crippen LogP contribution in [0.4, 0.5) is 11.4 Å². The molecule has 0 unspecified atom stereocenters. The van der Waals surface area contributed by atoms with Crippen LogP contribution in [0.2, 0.25) is 0 Å². The van der Waals surface area contributed by atoms with E-state index in [0.29, 0.717) is 33.5 Å². The topological polar surface area (TPSA) is 98.9 Å². The number of carboxylic acids is 1. The predicted octanol–water partition coefficient (Wildman–Crippen LogP) is 2.68. The summed E-state index contributed by atoms with van der Waals surface area (Å²) in [5, 5.41) is 17.1. The SMILES string of the molecule is CCN1CCN(c2cc(NCC(=O)O)c3c4c(onc24)-c2ccccc2C3=O)CC1. The summed E-state index contributed by atoms with van der Waals surface area (Å²) in [5.74, 6) is -0.584. The number of ketones is 1. The second-order valence-electron chi connectivity index (χ2n) is 7.60. The molecule has 1 aromatic heterocycles. The van der Waals surface area contributed by atoms with Crippen molar-refractivity contribution in [2.45, 2.75) is 6.92 Å². The quantitative estimate of drug-likeness (QED) is 0.522. The number of carboxylic acid groups (broad SMARTS) is 1. The van der Waals surface area contributed by atoms with E-state index in [9.17, 15) is 14.7 Å². The number of piperazine rings is 1. The highest BCUT2D eigenvalue weighted by Crippen LogP contribution is 2.45. The zero-order valence-corrected chi connectivity index (χ0v) is 16.6. The first kappa shape index (κ1) is 18.6. The van der Waals surface area contributed by atoms with Crippen LogP contribution in [0.5, 0.6) is 0 Å². The van der Waals surface area contributed by atoms with Gasteiger partial charge in [0.15, 0.2) is 11.5 Å². The summed E-state index contributed by atoms with van der Waals surface area (Å²) in [4.78, 5) is 29.2. The molecule has 0 spiro atoms. The molecule has 0 bridgehead atoms. The number of rotatable bonds is 5. The van der Waals surface area contributed by atoms with E-state index in [4.69, 9.17) is 4.52 Å². The van der Waals surface area contributed by atoms with Crippen LogP contribution >= 0.6 is 0 Å². The van der Waals surface area contributed by atoms with Gasteiger partial charge in [-0.05, 0) is 12.6 Å². The van der Waals surface area contributed by atoms with E-state index in [2.05, 4.69) is 27.2 Å². The molecule has 8 nitrogen and oxygen atoms in total. The molecule has 2 aliphatic rings. The summed E-state index contributed by atoms with van der Waals surface area (Å²) in [5.41, 5.74) is 3.69. The number of fused-ring (bicyclic) bond motifs is 2. The molecule has 3 aromatic rings. The summed E-state index contributed by atoms with van der Waals surface area (Å²) < 4.78 is 5.74. The maximum Gasteiger partial charge on any atom is 0.322 e. The van der Waals surface area contributed by atoms with Gasteiger partial charge >= 0.3 is 5.97 Å². The lowest BCUT2D eigenvalue weighted by Crippen LogP contribution is -2.46. The van der Waals surface area contributed by atoms with Crippen molar-refractivity contribution >= 4 is 34.0 Å². The monoisotopic (exact) mass is 406 g/mol. The van der Waals surface area contributed by atoms with Crippen molar-refractivity contribution < 1.29 is 19.2 Å². The summed E-state index contributed by atoms with van der Waals surface area (Å²) in [6, 6.07) is 9.13. The summed E-state index contributed by atoms with van der Waals surface area (Å²) in [6.07, 6.45) is 0. The molecule has 5 rings (SSSR count). The number of anilines is 2. The number of aliphatic carboxylic acids is 1. The Labute approximate surface area is 173 Å². The molecule has 0 atom stereocenters. The number of nitrogens with zero attached hydrogens (tertiary/aromatic N) is 3. The molecule has 1 aliphatic heterocycles. The Hall–Kier alpha value is -3.39. The molecule has 0 amide bonds. The van der Waals surface area contributed by atoms with E-state index in [1.807, 2.05) is 18.2 Å². The second kappa shape index (κ2) is 7.14. The normalized spacial score (nSPS) is 16.0. The van der Waals surface area contributed by atoms with Gasteiger partial charge in [-0.2, -0.15) is 0 Å². The van der Waals surface area contributed by atoms with Gasteiger partial charge in [0, 0.05) is 43.0 Å². The Kier molecular flexibility index (Phi) is 4.43. The van der Waals surface area contributed by atoms with E-state index >= 15 is 0 Å². The Morgan fingerprint density at radius 1 is 1.20 bits per heavy atom. The number of likely N-dealkylation sites (N-methyl/N-ethyl adjacent to an activating group) is 1. The zero-order chi connectivity index (χ0) is 20.8. The Morgan fingerprint density at radius 2 is 1.93 bits per heavy atom. The van der Waals surface area contributed by atoms with Crippen molar-refractivity contribution in [1.29, 1.82) is 0 Å². The van der Waals surface area contributed by atoms with E-state index in [0.717, 1.165) is 44.0 Å². The fourth-order valence-electron chi connectivity index (χ4n) is 4.40. The van der Waals surface area contributed by atoms with Gasteiger partial charge in [-0.3, -0.25) is 9.59 Å². The molecule has 1 saturated heterocycles. The zero-order valence-electron chi connectivity index (χ0n) is 16.6. The van der Waals surface area contributed by atoms with Crippen LogP contribution in [0.3, 0.4) is 0 Å². The molecular formula is C22H22N4O4. The van der Waals surface area contributed by atoms with Crippen LogP contribution < -0.4 is 10.2 Å². The molecule has 2 heterocycles. The Balaban J connectivity index is 1.70.